The molecule has 0 fully saturated rings. The Hall–Kier alpha value is -2.79. The van der Waals surface area contributed by atoms with Crippen LogP contribution in [0, 0.1) is 0 Å². The number of carbonyl (C=O) groups excluding carboxylic acids is 1. The molecule has 5 nitrogen and oxygen atoms in total. The summed E-state index contributed by atoms with van der Waals surface area (Å²) in [5, 5.41) is 14.0. The second-order valence-corrected chi connectivity index (χ2v) is 6.08. The molecule has 4 rings (SSSR count). The molecule has 1 amide bonds. The predicted octanol–water partition coefficient (Wildman–Crippen LogP) is 3.17. The van der Waals surface area contributed by atoms with Gasteiger partial charge in [-0.1, -0.05) is 35.9 Å². The van der Waals surface area contributed by atoms with Crippen molar-refractivity contribution in [3.8, 4) is 5.75 Å². The van der Waals surface area contributed by atoms with Crippen LogP contribution < -0.4 is 10.9 Å². The predicted molar refractivity (Wildman–Crippen MR) is 93.0 cm³/mol. The molecule has 2 N–H and O–H groups in total. The molecule has 0 radical (unpaired) electrons. The van der Waals surface area contributed by atoms with Gasteiger partial charge in [-0.2, -0.15) is 0 Å². The molecule has 0 unspecified atom stereocenters. The smallest absolute Gasteiger partial charge is 0.267 e. The van der Waals surface area contributed by atoms with E-state index in [1.807, 2.05) is 12.1 Å². The summed E-state index contributed by atoms with van der Waals surface area (Å²) < 4.78 is 1.55. The molecule has 3 aromatic rings. The molecule has 0 aliphatic carbocycles. The Morgan fingerprint density at radius 2 is 1.96 bits per heavy atom. The summed E-state index contributed by atoms with van der Waals surface area (Å²) in [6, 6.07) is 12.2. The van der Waals surface area contributed by atoms with E-state index < -0.39 is 11.5 Å². The van der Waals surface area contributed by atoms with Crippen molar-refractivity contribution >= 4 is 34.1 Å². The first-order valence-corrected chi connectivity index (χ1v) is 7.89. The van der Waals surface area contributed by atoms with E-state index in [0.717, 1.165) is 5.56 Å². The molecule has 6 heteroatoms. The molecule has 0 saturated heterocycles. The number of halogens is 1. The lowest BCUT2D eigenvalue weighted by Gasteiger charge is -2.12. The molecule has 1 aliphatic heterocycles. The van der Waals surface area contributed by atoms with Gasteiger partial charge in [0.05, 0.1) is 16.2 Å². The van der Waals surface area contributed by atoms with Crippen LogP contribution in [0.5, 0.6) is 5.75 Å². The number of para-hydroxylation sites is 2. The van der Waals surface area contributed by atoms with E-state index in [1.54, 1.807) is 34.9 Å². The monoisotopic (exact) mass is 340 g/mol. The van der Waals surface area contributed by atoms with E-state index >= 15 is 0 Å². The van der Waals surface area contributed by atoms with Crippen molar-refractivity contribution in [2.75, 3.05) is 5.32 Å². The molecule has 24 heavy (non-hydrogen) atoms. The molecule has 0 spiro atoms. The van der Waals surface area contributed by atoms with Gasteiger partial charge < -0.3 is 15.0 Å². The van der Waals surface area contributed by atoms with Crippen LogP contribution in [0.4, 0.5) is 5.69 Å². The quantitative estimate of drug-likeness (QED) is 0.752. The lowest BCUT2D eigenvalue weighted by molar-refractivity contribution is 0.102. The van der Waals surface area contributed by atoms with Crippen LogP contribution in [-0.2, 0) is 13.0 Å². The molecule has 2 aromatic carbocycles. The number of amides is 1. The van der Waals surface area contributed by atoms with Crippen molar-refractivity contribution in [1.29, 1.82) is 0 Å². The average Bonchev–Trinajstić information content (AvgIpc) is 3.00. The molecule has 120 valence electrons. The Morgan fingerprint density at radius 1 is 1.17 bits per heavy atom. The number of nitrogens with one attached hydrogen (secondary N) is 1. The number of nitrogens with zero attached hydrogens (tertiary/aromatic N) is 1. The van der Waals surface area contributed by atoms with Crippen LogP contribution in [0.15, 0.2) is 47.3 Å². The largest absolute Gasteiger partial charge is 0.506 e. The first kappa shape index (κ1) is 14.8. The summed E-state index contributed by atoms with van der Waals surface area (Å²) in [5.74, 6) is -0.965. The lowest BCUT2D eigenvalue weighted by Crippen LogP contribution is -2.28. The number of benzene rings is 2. The molecular formula is C18H13ClN2O3. The number of rotatable bonds is 2. The van der Waals surface area contributed by atoms with Crippen molar-refractivity contribution in [1.82, 2.24) is 4.57 Å². The maximum Gasteiger partial charge on any atom is 0.267 e. The van der Waals surface area contributed by atoms with E-state index in [4.69, 9.17) is 11.6 Å². The summed E-state index contributed by atoms with van der Waals surface area (Å²) in [6.45, 7) is 0.501. The van der Waals surface area contributed by atoms with E-state index in [1.165, 1.54) is 0 Å². The minimum absolute atomic E-state index is 0.263. The molecular weight excluding hydrogens is 328 g/mol. The van der Waals surface area contributed by atoms with Crippen LogP contribution >= 0.6 is 11.6 Å². The van der Waals surface area contributed by atoms with Gasteiger partial charge in [-0.15, -0.1) is 0 Å². The minimum Gasteiger partial charge on any atom is -0.506 e. The normalized spacial score (nSPS) is 12.5. The highest BCUT2D eigenvalue weighted by Crippen LogP contribution is 2.32. The number of aromatic hydroxyl groups is 1. The third-order valence-electron chi connectivity index (χ3n) is 4.29. The summed E-state index contributed by atoms with van der Waals surface area (Å²) in [7, 11) is 0. The van der Waals surface area contributed by atoms with Gasteiger partial charge in [0.2, 0.25) is 0 Å². The van der Waals surface area contributed by atoms with Crippen LogP contribution in [0.2, 0.25) is 5.02 Å². The number of hydrogen-bond donors (Lipinski definition) is 2. The topological polar surface area (TPSA) is 71.3 Å². The van der Waals surface area contributed by atoms with Crippen LogP contribution in [0.25, 0.3) is 10.9 Å². The molecule has 1 aliphatic rings. The SMILES string of the molecule is O=C(Nc1ccccc1Cl)c1c(O)c2cccc3c2n(c1=O)CC3. The third-order valence-corrected chi connectivity index (χ3v) is 4.62. The van der Waals surface area contributed by atoms with Gasteiger partial charge in [-0.25, -0.2) is 0 Å². The Bertz CT molecular complexity index is 1060. The van der Waals surface area contributed by atoms with Gasteiger partial charge in [-0.05, 0) is 30.2 Å². The molecule has 2 heterocycles. The standard InChI is InChI=1S/C18H13ClN2O3/c19-12-6-1-2-7-13(12)20-17(23)14-16(22)11-5-3-4-10-8-9-21(15(10)11)18(14)24/h1-7,22H,8-9H2,(H,20,23). The highest BCUT2D eigenvalue weighted by Gasteiger charge is 2.26. The van der Waals surface area contributed by atoms with E-state index in [9.17, 15) is 14.7 Å². The lowest BCUT2D eigenvalue weighted by atomic mass is 10.1. The zero-order chi connectivity index (χ0) is 16.8. The van der Waals surface area contributed by atoms with Crippen molar-refractivity contribution in [2.24, 2.45) is 0 Å². The minimum atomic E-state index is -0.673. The van der Waals surface area contributed by atoms with Crippen LogP contribution in [-0.4, -0.2) is 15.6 Å². The summed E-state index contributed by atoms with van der Waals surface area (Å²) in [5.41, 5.74) is 1.33. The second kappa shape index (κ2) is 5.39. The summed E-state index contributed by atoms with van der Waals surface area (Å²) in [4.78, 5) is 25.3. The number of aryl methyl sites for hydroxylation is 2. The Morgan fingerprint density at radius 3 is 2.75 bits per heavy atom. The van der Waals surface area contributed by atoms with Crippen LogP contribution in [0.1, 0.15) is 15.9 Å². The van der Waals surface area contributed by atoms with Crippen molar-refractivity contribution in [3.63, 3.8) is 0 Å². The highest BCUT2D eigenvalue weighted by molar-refractivity contribution is 6.34. The third kappa shape index (κ3) is 2.09. The number of anilines is 1. The van der Waals surface area contributed by atoms with Gasteiger partial charge in [0.1, 0.15) is 11.3 Å². The van der Waals surface area contributed by atoms with Crippen molar-refractivity contribution in [3.05, 3.63) is 69.0 Å². The number of aromatic nitrogens is 1. The van der Waals surface area contributed by atoms with Crippen LogP contribution in [0.3, 0.4) is 0 Å². The van der Waals surface area contributed by atoms with Crippen molar-refractivity contribution < 1.29 is 9.90 Å². The maximum absolute atomic E-state index is 12.7. The highest BCUT2D eigenvalue weighted by atomic mass is 35.5. The Kier molecular flexibility index (Phi) is 3.32. The number of carbonyl (C=O) groups is 1. The van der Waals surface area contributed by atoms with E-state index in [-0.39, 0.29) is 11.3 Å². The molecule has 1 aromatic heterocycles. The fourth-order valence-electron chi connectivity index (χ4n) is 3.17. The fourth-order valence-corrected chi connectivity index (χ4v) is 3.36. The summed E-state index contributed by atoms with van der Waals surface area (Å²) in [6.07, 6.45) is 0.710. The Labute approximate surface area is 142 Å². The zero-order valence-electron chi connectivity index (χ0n) is 12.5. The van der Waals surface area contributed by atoms with Gasteiger partial charge in [0, 0.05) is 11.9 Å². The first-order valence-electron chi connectivity index (χ1n) is 7.51. The van der Waals surface area contributed by atoms with Gasteiger partial charge in [0.15, 0.2) is 0 Å². The molecule has 0 saturated carbocycles. The maximum atomic E-state index is 12.7. The van der Waals surface area contributed by atoms with E-state index in [2.05, 4.69) is 5.32 Å². The zero-order valence-corrected chi connectivity index (χ0v) is 13.3. The van der Waals surface area contributed by atoms with Gasteiger partial charge in [-0.3, -0.25) is 9.59 Å². The second-order valence-electron chi connectivity index (χ2n) is 5.68. The fraction of sp³-hybridized carbons (Fsp3) is 0.111. The number of pyridine rings is 1. The molecule has 0 atom stereocenters. The Balaban J connectivity index is 1.88. The number of hydrogen-bond acceptors (Lipinski definition) is 3. The average molecular weight is 341 g/mol. The van der Waals surface area contributed by atoms with Gasteiger partial charge >= 0.3 is 0 Å². The molecule has 0 bridgehead atoms. The van der Waals surface area contributed by atoms with Crippen molar-refractivity contribution in [2.45, 2.75) is 13.0 Å². The van der Waals surface area contributed by atoms with Gasteiger partial charge in [0.25, 0.3) is 11.5 Å². The first-order chi connectivity index (χ1) is 11.6. The summed E-state index contributed by atoms with van der Waals surface area (Å²) >= 11 is 6.04. The van der Waals surface area contributed by atoms with E-state index in [0.29, 0.717) is 34.6 Å².